The Hall–Kier alpha value is -1.84. The Morgan fingerprint density at radius 3 is 1.90 bits per heavy atom. The maximum absolute atomic E-state index is 11.4. The Labute approximate surface area is 126 Å². The third kappa shape index (κ3) is 4.59. The fourth-order valence-electron chi connectivity index (χ4n) is 2.09. The molecule has 0 aromatic heterocycles. The number of carbonyl (C=O) groups is 2. The molecule has 0 saturated carbocycles. The van der Waals surface area contributed by atoms with Gasteiger partial charge in [0.2, 0.25) is 0 Å². The molecule has 1 aromatic rings. The van der Waals surface area contributed by atoms with E-state index in [4.69, 9.17) is 9.47 Å². The number of esters is 2. The van der Waals surface area contributed by atoms with Crippen LogP contribution in [0.1, 0.15) is 65.5 Å². The molecule has 0 atom stereocenters. The lowest BCUT2D eigenvalue weighted by Gasteiger charge is -2.26. The predicted octanol–water partition coefficient (Wildman–Crippen LogP) is 3.96. The van der Waals surface area contributed by atoms with Crippen molar-refractivity contribution in [2.24, 2.45) is 0 Å². The highest BCUT2D eigenvalue weighted by atomic mass is 16.5. The van der Waals surface area contributed by atoms with E-state index in [0.717, 1.165) is 11.1 Å². The topological polar surface area (TPSA) is 52.6 Å². The lowest BCUT2D eigenvalue weighted by atomic mass is 9.83. The minimum absolute atomic E-state index is 0.135. The van der Waals surface area contributed by atoms with Crippen LogP contribution in [0.3, 0.4) is 0 Å². The third-order valence-electron chi connectivity index (χ3n) is 3.03. The van der Waals surface area contributed by atoms with Gasteiger partial charge in [-0.25, -0.2) is 0 Å². The number of ether oxygens (including phenoxy) is 2. The molecule has 0 unspecified atom stereocenters. The van der Waals surface area contributed by atoms with Crippen molar-refractivity contribution in [2.45, 2.75) is 59.8 Å². The largest absolute Gasteiger partial charge is 0.427 e. The molecule has 0 bridgehead atoms. The van der Waals surface area contributed by atoms with Crippen molar-refractivity contribution >= 4 is 11.9 Å². The van der Waals surface area contributed by atoms with Gasteiger partial charge in [-0.3, -0.25) is 9.59 Å². The predicted molar refractivity (Wildman–Crippen MR) is 81.8 cm³/mol. The van der Waals surface area contributed by atoms with Gasteiger partial charge in [-0.15, -0.1) is 0 Å². The first-order valence-electron chi connectivity index (χ1n) is 7.07. The van der Waals surface area contributed by atoms with E-state index in [9.17, 15) is 9.59 Å². The molecule has 0 saturated heterocycles. The van der Waals surface area contributed by atoms with Gasteiger partial charge in [-0.2, -0.15) is 0 Å². The third-order valence-corrected chi connectivity index (χ3v) is 3.03. The molecule has 0 heterocycles. The quantitative estimate of drug-likeness (QED) is 0.625. The Morgan fingerprint density at radius 1 is 1.00 bits per heavy atom. The molecule has 0 fully saturated rings. The van der Waals surface area contributed by atoms with Crippen LogP contribution in [0.4, 0.5) is 0 Å². The molecule has 1 aromatic carbocycles. The zero-order valence-electron chi connectivity index (χ0n) is 13.9. The van der Waals surface area contributed by atoms with Gasteiger partial charge in [0.15, 0.2) is 0 Å². The highest BCUT2D eigenvalue weighted by Gasteiger charge is 2.25. The van der Waals surface area contributed by atoms with Gasteiger partial charge < -0.3 is 9.47 Å². The highest BCUT2D eigenvalue weighted by molar-refractivity contribution is 5.73. The van der Waals surface area contributed by atoms with Crippen LogP contribution in [-0.4, -0.2) is 11.9 Å². The van der Waals surface area contributed by atoms with E-state index in [0.29, 0.717) is 11.5 Å². The van der Waals surface area contributed by atoms with E-state index in [1.807, 2.05) is 34.6 Å². The molecule has 21 heavy (non-hydrogen) atoms. The van der Waals surface area contributed by atoms with Gasteiger partial charge in [-0.05, 0) is 23.5 Å². The van der Waals surface area contributed by atoms with Gasteiger partial charge in [0.25, 0.3) is 0 Å². The number of carbonyl (C=O) groups excluding carboxylic acids is 2. The summed E-state index contributed by atoms with van der Waals surface area (Å²) in [5.74, 6) is 0.455. The van der Waals surface area contributed by atoms with Gasteiger partial charge in [0.1, 0.15) is 11.5 Å². The Balaban J connectivity index is 3.57. The SMILES string of the molecule is CC(=O)Oc1cc(C(C)C)c(OC(C)=O)c(C(C)(C)C)c1. The summed E-state index contributed by atoms with van der Waals surface area (Å²) in [4.78, 5) is 22.6. The molecule has 0 N–H and O–H groups in total. The molecule has 0 amide bonds. The smallest absolute Gasteiger partial charge is 0.308 e. The minimum atomic E-state index is -0.371. The summed E-state index contributed by atoms with van der Waals surface area (Å²) >= 11 is 0. The number of hydrogen-bond acceptors (Lipinski definition) is 4. The summed E-state index contributed by atoms with van der Waals surface area (Å²) in [5, 5.41) is 0. The van der Waals surface area contributed by atoms with E-state index in [1.54, 1.807) is 12.1 Å². The van der Waals surface area contributed by atoms with Gasteiger partial charge in [-0.1, -0.05) is 34.6 Å². The summed E-state index contributed by atoms with van der Waals surface area (Å²) in [6.45, 7) is 12.8. The van der Waals surface area contributed by atoms with Crippen molar-refractivity contribution in [2.75, 3.05) is 0 Å². The normalized spacial score (nSPS) is 11.4. The fourth-order valence-corrected chi connectivity index (χ4v) is 2.09. The van der Waals surface area contributed by atoms with Crippen molar-refractivity contribution in [3.63, 3.8) is 0 Å². The summed E-state index contributed by atoms with van der Waals surface area (Å²) in [7, 11) is 0. The van der Waals surface area contributed by atoms with Gasteiger partial charge >= 0.3 is 11.9 Å². The van der Waals surface area contributed by atoms with Crippen LogP contribution in [0.2, 0.25) is 0 Å². The first-order valence-corrected chi connectivity index (χ1v) is 7.07. The summed E-state index contributed by atoms with van der Waals surface area (Å²) < 4.78 is 10.7. The van der Waals surface area contributed by atoms with E-state index in [2.05, 4.69) is 0 Å². The standard InChI is InChI=1S/C17H24O4/c1-10(2)14-8-13(20-11(3)18)9-15(17(5,6)7)16(14)21-12(4)19/h8-10H,1-7H3. The minimum Gasteiger partial charge on any atom is -0.427 e. The van der Waals surface area contributed by atoms with E-state index in [-0.39, 0.29) is 23.3 Å². The lowest BCUT2D eigenvalue weighted by molar-refractivity contribution is -0.133. The Morgan fingerprint density at radius 2 is 1.52 bits per heavy atom. The molecular formula is C17H24O4. The zero-order chi connectivity index (χ0) is 16.4. The van der Waals surface area contributed by atoms with Crippen LogP contribution in [0.25, 0.3) is 0 Å². The number of benzene rings is 1. The van der Waals surface area contributed by atoms with Crippen LogP contribution >= 0.6 is 0 Å². The van der Waals surface area contributed by atoms with E-state index < -0.39 is 0 Å². The van der Waals surface area contributed by atoms with Crippen molar-refractivity contribution < 1.29 is 19.1 Å². The fraction of sp³-hybridized carbons (Fsp3) is 0.529. The van der Waals surface area contributed by atoms with Crippen molar-refractivity contribution in [3.8, 4) is 11.5 Å². The molecule has 4 heteroatoms. The molecule has 4 nitrogen and oxygen atoms in total. The molecule has 0 aliphatic carbocycles. The number of hydrogen-bond donors (Lipinski definition) is 0. The molecule has 116 valence electrons. The molecular weight excluding hydrogens is 268 g/mol. The van der Waals surface area contributed by atoms with Crippen LogP contribution in [0.5, 0.6) is 11.5 Å². The summed E-state index contributed by atoms with van der Waals surface area (Å²) in [6.07, 6.45) is 0. The first-order chi connectivity index (χ1) is 9.52. The van der Waals surface area contributed by atoms with Gasteiger partial charge in [0.05, 0.1) is 0 Å². The van der Waals surface area contributed by atoms with Crippen molar-refractivity contribution in [3.05, 3.63) is 23.3 Å². The average molecular weight is 292 g/mol. The Kier molecular flexibility index (Phi) is 5.15. The molecule has 0 aliphatic rings. The van der Waals surface area contributed by atoms with Crippen LogP contribution in [0.15, 0.2) is 12.1 Å². The van der Waals surface area contributed by atoms with Crippen LogP contribution < -0.4 is 9.47 Å². The second-order valence-electron chi connectivity index (χ2n) is 6.48. The number of rotatable bonds is 3. The molecule has 1 rings (SSSR count). The highest BCUT2D eigenvalue weighted by Crippen LogP contribution is 2.40. The Bertz CT molecular complexity index is 551. The van der Waals surface area contributed by atoms with E-state index >= 15 is 0 Å². The average Bonchev–Trinajstić information content (AvgIpc) is 2.27. The second kappa shape index (κ2) is 6.29. The van der Waals surface area contributed by atoms with Crippen molar-refractivity contribution in [1.82, 2.24) is 0 Å². The van der Waals surface area contributed by atoms with E-state index in [1.165, 1.54) is 13.8 Å². The van der Waals surface area contributed by atoms with Crippen LogP contribution in [-0.2, 0) is 15.0 Å². The van der Waals surface area contributed by atoms with Gasteiger partial charge in [0, 0.05) is 25.0 Å². The first kappa shape index (κ1) is 17.2. The molecule has 0 aliphatic heterocycles. The maximum atomic E-state index is 11.4. The monoisotopic (exact) mass is 292 g/mol. The van der Waals surface area contributed by atoms with Crippen molar-refractivity contribution in [1.29, 1.82) is 0 Å². The maximum Gasteiger partial charge on any atom is 0.308 e. The second-order valence-corrected chi connectivity index (χ2v) is 6.48. The van der Waals surface area contributed by atoms with Crippen LogP contribution in [0, 0.1) is 0 Å². The zero-order valence-corrected chi connectivity index (χ0v) is 13.9. The molecule has 0 spiro atoms. The summed E-state index contributed by atoms with van der Waals surface area (Å²) in [5.41, 5.74) is 1.46. The lowest BCUT2D eigenvalue weighted by Crippen LogP contribution is -2.17. The molecule has 0 radical (unpaired) electrons. The summed E-state index contributed by atoms with van der Waals surface area (Å²) in [6, 6.07) is 3.53.